The third-order valence-electron chi connectivity index (χ3n) is 5.87. The van der Waals surface area contributed by atoms with Crippen LogP contribution in [0.1, 0.15) is 96.6 Å². The van der Waals surface area contributed by atoms with E-state index in [1.54, 1.807) is 20.1 Å². The molecule has 208 valence electrons. The maximum atomic E-state index is 11.8. The fraction of sp³-hybridized carbons (Fsp3) is 0.469. The molecule has 0 amide bonds. The summed E-state index contributed by atoms with van der Waals surface area (Å²) in [6.45, 7) is 15.1. The van der Waals surface area contributed by atoms with Gasteiger partial charge in [-0.2, -0.15) is 9.61 Å². The van der Waals surface area contributed by atoms with E-state index in [4.69, 9.17) is 10.5 Å². The zero-order valence-corrected chi connectivity index (χ0v) is 24.8. The summed E-state index contributed by atoms with van der Waals surface area (Å²) in [6, 6.07) is 17.8. The highest BCUT2D eigenvalue weighted by Crippen LogP contribution is 2.28. The topological polar surface area (TPSA) is 82.5 Å². The van der Waals surface area contributed by atoms with Gasteiger partial charge in [0.25, 0.3) is 0 Å². The Labute approximate surface area is 229 Å². The smallest absolute Gasteiger partial charge is 0.222 e. The third kappa shape index (κ3) is 10.2. The predicted octanol–water partition coefficient (Wildman–Crippen LogP) is 8.56. The van der Waals surface area contributed by atoms with Crippen molar-refractivity contribution < 1.29 is 9.53 Å². The number of anilines is 1. The van der Waals surface area contributed by atoms with E-state index in [-0.39, 0.29) is 11.7 Å². The fourth-order valence-electron chi connectivity index (χ4n) is 3.53. The van der Waals surface area contributed by atoms with Crippen LogP contribution in [-0.4, -0.2) is 27.5 Å². The zero-order chi connectivity index (χ0) is 28.5. The number of methoxy groups -OCH3 is 1. The van der Waals surface area contributed by atoms with Gasteiger partial charge in [0.2, 0.25) is 5.95 Å². The molecule has 6 heteroatoms. The van der Waals surface area contributed by atoms with E-state index in [0.29, 0.717) is 23.4 Å². The number of hydrogen-bond acceptors (Lipinski definition) is 5. The summed E-state index contributed by atoms with van der Waals surface area (Å²) in [6.07, 6.45) is 6.89. The number of ketones is 1. The maximum Gasteiger partial charge on any atom is 0.222 e. The number of benzene rings is 2. The second-order valence-electron chi connectivity index (χ2n) is 9.45. The van der Waals surface area contributed by atoms with E-state index < -0.39 is 0 Å². The monoisotopic (exact) mass is 520 g/mol. The molecular weight excluding hydrogens is 472 g/mol. The van der Waals surface area contributed by atoms with Gasteiger partial charge in [0, 0.05) is 11.8 Å². The van der Waals surface area contributed by atoms with E-state index in [0.717, 1.165) is 23.2 Å². The van der Waals surface area contributed by atoms with Crippen LogP contribution in [0.2, 0.25) is 0 Å². The molecule has 6 nitrogen and oxygen atoms in total. The maximum absolute atomic E-state index is 11.8. The molecule has 0 atom stereocenters. The standard InChI is InChI=1S/C14H14N4O2.C8H10.C6H14.C4H10/c1-3-11(19)9-7-10-8-5-4-6-12(20-2)13(8)16-14(15)18(10)17-9;1-2-8-6-4-3-5-7-8;1-4-5-6(2)3;1-3-4-2/h4-7H,3H2,1-2H3,(H2,15,16);3-7H,2H2,1H3;6H,4-5H2,1-3H3;3-4H2,1-2H3. The summed E-state index contributed by atoms with van der Waals surface area (Å²) >= 11 is 0. The quantitative estimate of drug-likeness (QED) is 0.247. The second kappa shape index (κ2) is 17.9. The van der Waals surface area contributed by atoms with Crippen molar-refractivity contribution in [1.82, 2.24) is 14.6 Å². The summed E-state index contributed by atoms with van der Waals surface area (Å²) < 4.78 is 6.78. The number of hydrogen-bond donors (Lipinski definition) is 1. The molecule has 2 N–H and O–H groups in total. The minimum Gasteiger partial charge on any atom is -0.494 e. The molecule has 4 rings (SSSR count). The Morgan fingerprint density at radius 1 is 0.947 bits per heavy atom. The second-order valence-corrected chi connectivity index (χ2v) is 9.45. The average Bonchev–Trinajstić information content (AvgIpc) is 3.40. The first kappa shape index (κ1) is 32.6. The Bertz CT molecular complexity index is 1210. The zero-order valence-electron chi connectivity index (χ0n) is 24.8. The Kier molecular flexibility index (Phi) is 15.4. The van der Waals surface area contributed by atoms with Crippen molar-refractivity contribution in [3.63, 3.8) is 0 Å². The summed E-state index contributed by atoms with van der Waals surface area (Å²) in [5.74, 6) is 1.74. The minimum absolute atomic E-state index is 0.0239. The number of nitrogens with zero attached hydrogens (tertiary/aromatic N) is 3. The summed E-state index contributed by atoms with van der Waals surface area (Å²) in [5, 5.41) is 5.08. The number of carbonyl (C=O) groups excluding carboxylic acids is 1. The molecule has 0 aliphatic heterocycles. The molecule has 2 aromatic carbocycles. The van der Waals surface area contributed by atoms with Crippen molar-refractivity contribution in [2.45, 2.75) is 87.0 Å². The number of para-hydroxylation sites is 1. The Balaban J connectivity index is 0.000000329. The van der Waals surface area contributed by atoms with Gasteiger partial charge in [-0.15, -0.1) is 0 Å². The fourth-order valence-corrected chi connectivity index (χ4v) is 3.53. The van der Waals surface area contributed by atoms with E-state index in [1.165, 1.54) is 35.8 Å². The van der Waals surface area contributed by atoms with Crippen LogP contribution in [0.25, 0.3) is 16.4 Å². The molecule has 0 fully saturated rings. The SMILES string of the molecule is CCC(=O)c1cc2c3cccc(OC)c3nc(N)n2n1.CCCC.CCCC(C)C.CCc1ccccc1. The lowest BCUT2D eigenvalue weighted by Gasteiger charge is -2.07. The number of unbranched alkanes of at least 4 members (excludes halogenated alkanes) is 1. The summed E-state index contributed by atoms with van der Waals surface area (Å²) in [4.78, 5) is 16.1. The lowest BCUT2D eigenvalue weighted by molar-refractivity contribution is 0.0983. The van der Waals surface area contributed by atoms with Crippen molar-refractivity contribution >= 4 is 28.2 Å². The minimum atomic E-state index is -0.0239. The molecule has 2 heterocycles. The summed E-state index contributed by atoms with van der Waals surface area (Å²) in [7, 11) is 1.58. The van der Waals surface area contributed by atoms with E-state index in [9.17, 15) is 4.79 Å². The van der Waals surface area contributed by atoms with Crippen LogP contribution in [0.4, 0.5) is 5.95 Å². The number of Topliss-reactive ketones (excluding diaryl/α,β-unsaturated/α-hetero) is 1. The van der Waals surface area contributed by atoms with Crippen LogP contribution in [0.5, 0.6) is 5.75 Å². The summed E-state index contributed by atoms with van der Waals surface area (Å²) in [5.41, 5.74) is 9.15. The molecule has 0 saturated carbocycles. The van der Waals surface area contributed by atoms with Crippen molar-refractivity contribution in [2.24, 2.45) is 5.92 Å². The molecule has 0 aliphatic rings. The molecule has 0 spiro atoms. The van der Waals surface area contributed by atoms with Crippen LogP contribution in [0, 0.1) is 5.92 Å². The van der Waals surface area contributed by atoms with Crippen LogP contribution < -0.4 is 10.5 Å². The highest BCUT2D eigenvalue weighted by molar-refractivity contribution is 6.01. The van der Waals surface area contributed by atoms with Gasteiger partial charge in [-0.25, -0.2) is 4.98 Å². The van der Waals surface area contributed by atoms with Crippen LogP contribution >= 0.6 is 0 Å². The number of carbonyl (C=O) groups is 1. The number of nitrogens with two attached hydrogens (primary N) is 1. The largest absolute Gasteiger partial charge is 0.494 e. The molecule has 38 heavy (non-hydrogen) atoms. The van der Waals surface area contributed by atoms with Gasteiger partial charge in [-0.05, 0) is 30.0 Å². The van der Waals surface area contributed by atoms with Crippen molar-refractivity contribution in [3.05, 3.63) is 65.9 Å². The normalized spacial score (nSPS) is 10.1. The average molecular weight is 521 g/mol. The lowest BCUT2D eigenvalue weighted by Crippen LogP contribution is -2.04. The molecule has 0 radical (unpaired) electrons. The van der Waals surface area contributed by atoms with Gasteiger partial charge in [0.05, 0.1) is 12.6 Å². The molecule has 0 saturated heterocycles. The van der Waals surface area contributed by atoms with E-state index in [1.807, 2.05) is 24.3 Å². The van der Waals surface area contributed by atoms with Gasteiger partial charge >= 0.3 is 0 Å². The molecule has 0 bridgehead atoms. The Morgan fingerprint density at radius 3 is 2.05 bits per heavy atom. The van der Waals surface area contributed by atoms with Gasteiger partial charge < -0.3 is 10.5 Å². The molecule has 0 aliphatic carbocycles. The first-order valence-electron chi connectivity index (χ1n) is 14.0. The molecule has 0 unspecified atom stereocenters. The van der Waals surface area contributed by atoms with Gasteiger partial charge in [-0.1, -0.05) is 117 Å². The van der Waals surface area contributed by atoms with Gasteiger partial charge in [-0.3, -0.25) is 4.79 Å². The number of ether oxygens (including phenoxy) is 1. The first-order chi connectivity index (χ1) is 18.3. The number of aromatic nitrogens is 3. The van der Waals surface area contributed by atoms with E-state index in [2.05, 4.69) is 75.9 Å². The van der Waals surface area contributed by atoms with Crippen molar-refractivity contribution in [2.75, 3.05) is 12.8 Å². The van der Waals surface area contributed by atoms with Crippen LogP contribution in [0.3, 0.4) is 0 Å². The van der Waals surface area contributed by atoms with Gasteiger partial charge in [0.15, 0.2) is 5.78 Å². The first-order valence-corrected chi connectivity index (χ1v) is 14.0. The van der Waals surface area contributed by atoms with Crippen molar-refractivity contribution in [3.8, 4) is 5.75 Å². The molecular formula is C32H48N4O2. The number of rotatable bonds is 7. The molecule has 2 aromatic heterocycles. The van der Waals surface area contributed by atoms with Crippen LogP contribution in [0.15, 0.2) is 54.6 Å². The third-order valence-corrected chi connectivity index (χ3v) is 5.87. The Morgan fingerprint density at radius 2 is 1.61 bits per heavy atom. The predicted molar refractivity (Wildman–Crippen MR) is 162 cm³/mol. The van der Waals surface area contributed by atoms with Crippen LogP contribution in [-0.2, 0) is 6.42 Å². The van der Waals surface area contributed by atoms with E-state index >= 15 is 0 Å². The highest BCUT2D eigenvalue weighted by atomic mass is 16.5. The molecule has 4 aromatic rings. The highest BCUT2D eigenvalue weighted by Gasteiger charge is 2.15. The Hall–Kier alpha value is -3.41. The van der Waals surface area contributed by atoms with Crippen molar-refractivity contribution in [1.29, 1.82) is 0 Å². The lowest BCUT2D eigenvalue weighted by atomic mass is 10.1. The number of nitrogen functional groups attached to an aromatic ring is 1. The number of fused-ring (bicyclic) bond motifs is 3. The van der Waals surface area contributed by atoms with Gasteiger partial charge in [0.1, 0.15) is 17.0 Å². The number of aryl methyl sites for hydroxylation is 1.